The summed E-state index contributed by atoms with van der Waals surface area (Å²) >= 11 is 0.704. The Morgan fingerprint density at radius 3 is 2.67 bits per heavy atom. The Morgan fingerprint density at radius 1 is 1.38 bits per heavy atom. The molecule has 0 unspecified atom stereocenters. The zero-order valence-corrected chi connectivity index (χ0v) is 12.6. The van der Waals surface area contributed by atoms with Crippen LogP contribution in [0.3, 0.4) is 0 Å². The number of methoxy groups -OCH3 is 1. The molecule has 2 rings (SSSR count). The van der Waals surface area contributed by atoms with Crippen LogP contribution in [0.1, 0.15) is 15.2 Å². The molecule has 0 atom stereocenters. The monoisotopic (exact) mass is 328 g/mol. The Balaban J connectivity index is 2.07. The van der Waals surface area contributed by atoms with Crippen LogP contribution in [0.5, 0.6) is 5.88 Å². The number of carboxylic acids is 1. The number of rotatable bonds is 6. The molecule has 2 N–H and O–H groups in total. The number of aromatic carboxylic acids is 1. The maximum Gasteiger partial charge on any atom is 0.345 e. The Morgan fingerprint density at radius 2 is 2.14 bits per heavy atom. The predicted molar refractivity (Wildman–Crippen MR) is 76.1 cm³/mol. The third-order valence-electron chi connectivity index (χ3n) is 2.53. The summed E-state index contributed by atoms with van der Waals surface area (Å²) in [5, 5.41) is 8.80. The average molecular weight is 328 g/mol. The molecule has 0 bridgehead atoms. The first-order valence-electron chi connectivity index (χ1n) is 5.74. The molecule has 0 saturated heterocycles. The van der Waals surface area contributed by atoms with Gasteiger partial charge in [0, 0.05) is 18.8 Å². The first-order chi connectivity index (χ1) is 9.92. The lowest BCUT2D eigenvalue weighted by atomic mass is 10.3. The lowest BCUT2D eigenvalue weighted by molar-refractivity contribution is 0.0702. The van der Waals surface area contributed by atoms with Crippen LogP contribution in [0, 0.1) is 0 Å². The van der Waals surface area contributed by atoms with Crippen LogP contribution in [0.15, 0.2) is 34.7 Å². The summed E-state index contributed by atoms with van der Waals surface area (Å²) in [5.74, 6) is -0.716. The minimum absolute atomic E-state index is 0.0264. The van der Waals surface area contributed by atoms with E-state index in [0.717, 1.165) is 0 Å². The zero-order chi connectivity index (χ0) is 15.5. The molecular weight excluding hydrogens is 316 g/mol. The second kappa shape index (κ2) is 6.20. The van der Waals surface area contributed by atoms with E-state index in [1.165, 1.54) is 25.4 Å². The number of aromatic nitrogens is 1. The number of pyridine rings is 1. The molecule has 0 saturated carbocycles. The SMILES string of the molecule is COc1ccc(CNS(=O)(=O)c2ccc(C(=O)O)s2)cn1. The van der Waals surface area contributed by atoms with Gasteiger partial charge in [-0.15, -0.1) is 11.3 Å². The number of nitrogens with one attached hydrogen (secondary N) is 1. The van der Waals surface area contributed by atoms with Crippen LogP contribution >= 0.6 is 11.3 Å². The molecule has 112 valence electrons. The fourth-order valence-electron chi connectivity index (χ4n) is 1.47. The molecule has 0 fully saturated rings. The average Bonchev–Trinajstić information content (AvgIpc) is 2.97. The number of thiophene rings is 1. The smallest absolute Gasteiger partial charge is 0.345 e. The second-order valence-electron chi connectivity index (χ2n) is 3.96. The molecule has 0 aromatic carbocycles. The van der Waals surface area contributed by atoms with Gasteiger partial charge in [-0.3, -0.25) is 0 Å². The molecule has 0 aliphatic rings. The highest BCUT2D eigenvalue weighted by molar-refractivity contribution is 7.91. The minimum Gasteiger partial charge on any atom is -0.481 e. The van der Waals surface area contributed by atoms with Crippen molar-refractivity contribution in [2.45, 2.75) is 10.8 Å². The van der Waals surface area contributed by atoms with Gasteiger partial charge in [-0.1, -0.05) is 6.07 Å². The highest BCUT2D eigenvalue weighted by atomic mass is 32.2. The summed E-state index contributed by atoms with van der Waals surface area (Å²) in [4.78, 5) is 14.7. The zero-order valence-electron chi connectivity index (χ0n) is 10.9. The highest BCUT2D eigenvalue weighted by Crippen LogP contribution is 2.21. The summed E-state index contributed by atoms with van der Waals surface area (Å²) < 4.78 is 31.3. The van der Waals surface area contributed by atoms with Crippen molar-refractivity contribution in [2.24, 2.45) is 0 Å². The minimum atomic E-state index is -3.74. The van der Waals surface area contributed by atoms with E-state index >= 15 is 0 Å². The summed E-state index contributed by atoms with van der Waals surface area (Å²) in [6, 6.07) is 5.84. The predicted octanol–water partition coefficient (Wildman–Crippen LogP) is 1.33. The third-order valence-corrected chi connectivity index (χ3v) is 5.50. The lowest BCUT2D eigenvalue weighted by Crippen LogP contribution is -2.22. The van der Waals surface area contributed by atoms with Crippen molar-refractivity contribution in [3.8, 4) is 5.88 Å². The number of ether oxygens (including phenoxy) is 1. The Hall–Kier alpha value is -1.97. The molecule has 2 aromatic rings. The van der Waals surface area contributed by atoms with Crippen LogP contribution < -0.4 is 9.46 Å². The van der Waals surface area contributed by atoms with Gasteiger partial charge < -0.3 is 9.84 Å². The number of carboxylic acid groups (broad SMARTS) is 1. The summed E-state index contributed by atoms with van der Waals surface area (Å²) in [6.45, 7) is 0.0552. The number of hydrogen-bond donors (Lipinski definition) is 2. The summed E-state index contributed by atoms with van der Waals surface area (Å²) in [6.07, 6.45) is 1.50. The fraction of sp³-hybridized carbons (Fsp3) is 0.167. The Bertz CT molecular complexity index is 737. The van der Waals surface area contributed by atoms with Gasteiger partial charge in [0.05, 0.1) is 7.11 Å². The van der Waals surface area contributed by atoms with E-state index in [0.29, 0.717) is 22.8 Å². The van der Waals surface area contributed by atoms with Gasteiger partial charge in [-0.05, 0) is 17.7 Å². The van der Waals surface area contributed by atoms with Gasteiger partial charge in [-0.2, -0.15) is 0 Å². The van der Waals surface area contributed by atoms with Crippen LogP contribution in [-0.2, 0) is 16.6 Å². The van der Waals surface area contributed by atoms with E-state index < -0.39 is 16.0 Å². The highest BCUT2D eigenvalue weighted by Gasteiger charge is 2.18. The van der Waals surface area contributed by atoms with Crippen molar-refractivity contribution < 1.29 is 23.1 Å². The molecule has 0 aliphatic carbocycles. The number of nitrogens with zero attached hydrogens (tertiary/aromatic N) is 1. The van der Waals surface area contributed by atoms with E-state index in [9.17, 15) is 13.2 Å². The number of sulfonamides is 1. The largest absolute Gasteiger partial charge is 0.481 e. The van der Waals surface area contributed by atoms with Crippen LogP contribution in [0.25, 0.3) is 0 Å². The number of hydrogen-bond acceptors (Lipinski definition) is 6. The van der Waals surface area contributed by atoms with Crippen LogP contribution in [-0.4, -0.2) is 31.6 Å². The first kappa shape index (κ1) is 15.4. The first-order valence-corrected chi connectivity index (χ1v) is 8.04. The molecular formula is C12H12N2O5S2. The van der Waals surface area contributed by atoms with Crippen molar-refractivity contribution in [3.63, 3.8) is 0 Å². The van der Waals surface area contributed by atoms with Crippen molar-refractivity contribution >= 4 is 27.3 Å². The topological polar surface area (TPSA) is 106 Å². The van der Waals surface area contributed by atoms with Gasteiger partial charge in [0.25, 0.3) is 0 Å². The maximum absolute atomic E-state index is 12.0. The second-order valence-corrected chi connectivity index (χ2v) is 7.03. The summed E-state index contributed by atoms with van der Waals surface area (Å²) in [5.41, 5.74) is 0.661. The van der Waals surface area contributed by atoms with E-state index in [1.807, 2.05) is 0 Å². The van der Waals surface area contributed by atoms with Crippen molar-refractivity contribution in [2.75, 3.05) is 7.11 Å². The van der Waals surface area contributed by atoms with Gasteiger partial charge in [0.2, 0.25) is 15.9 Å². The fourth-order valence-corrected chi connectivity index (χ4v) is 3.67. The van der Waals surface area contributed by atoms with Crippen LogP contribution in [0.2, 0.25) is 0 Å². The Labute approximate surface area is 125 Å². The molecule has 0 spiro atoms. The molecule has 0 radical (unpaired) electrons. The molecule has 9 heteroatoms. The molecule has 21 heavy (non-hydrogen) atoms. The maximum atomic E-state index is 12.0. The number of carbonyl (C=O) groups is 1. The normalized spacial score (nSPS) is 11.3. The van der Waals surface area contributed by atoms with E-state index in [1.54, 1.807) is 12.1 Å². The molecule has 7 nitrogen and oxygen atoms in total. The van der Waals surface area contributed by atoms with Crippen molar-refractivity contribution in [1.82, 2.24) is 9.71 Å². The molecule has 2 heterocycles. The van der Waals surface area contributed by atoms with Crippen molar-refractivity contribution in [1.29, 1.82) is 0 Å². The van der Waals surface area contributed by atoms with E-state index in [-0.39, 0.29) is 15.6 Å². The molecule has 0 aliphatic heterocycles. The molecule has 0 amide bonds. The van der Waals surface area contributed by atoms with E-state index in [2.05, 4.69) is 9.71 Å². The van der Waals surface area contributed by atoms with Crippen LogP contribution in [0.4, 0.5) is 0 Å². The van der Waals surface area contributed by atoms with E-state index in [4.69, 9.17) is 9.84 Å². The third kappa shape index (κ3) is 3.78. The van der Waals surface area contributed by atoms with Crippen molar-refractivity contribution in [3.05, 3.63) is 40.9 Å². The lowest BCUT2D eigenvalue weighted by Gasteiger charge is -2.05. The molecule has 2 aromatic heterocycles. The quantitative estimate of drug-likeness (QED) is 0.828. The summed E-state index contributed by atoms with van der Waals surface area (Å²) in [7, 11) is -2.25. The van der Waals surface area contributed by atoms with Gasteiger partial charge >= 0.3 is 5.97 Å². The standard InChI is InChI=1S/C12H12N2O5S2/c1-19-10-4-2-8(6-13-10)7-14-21(17,18)11-5-3-9(20-11)12(15)16/h2-6,14H,7H2,1H3,(H,15,16). The van der Waals surface area contributed by atoms with Gasteiger partial charge in [-0.25, -0.2) is 22.9 Å². The Kier molecular flexibility index (Phi) is 4.56. The van der Waals surface area contributed by atoms with Gasteiger partial charge in [0.15, 0.2) is 0 Å². The van der Waals surface area contributed by atoms with Gasteiger partial charge in [0.1, 0.15) is 9.09 Å².